The highest BCUT2D eigenvalue weighted by Gasteiger charge is 2.25. The van der Waals surface area contributed by atoms with Crippen LogP contribution in [-0.2, 0) is 11.2 Å². The summed E-state index contributed by atoms with van der Waals surface area (Å²) in [7, 11) is 3.84. The molecule has 8 nitrogen and oxygen atoms in total. The van der Waals surface area contributed by atoms with Crippen LogP contribution >= 0.6 is 0 Å². The van der Waals surface area contributed by atoms with E-state index in [2.05, 4.69) is 20.4 Å². The summed E-state index contributed by atoms with van der Waals surface area (Å²) < 4.78 is 5.96. The van der Waals surface area contributed by atoms with E-state index >= 15 is 0 Å². The van der Waals surface area contributed by atoms with Crippen molar-refractivity contribution in [2.24, 2.45) is 0 Å². The molecule has 0 saturated carbocycles. The van der Waals surface area contributed by atoms with Crippen LogP contribution in [0.4, 0.5) is 5.82 Å². The molecule has 0 radical (unpaired) electrons. The molecule has 1 atom stereocenters. The van der Waals surface area contributed by atoms with Crippen molar-refractivity contribution >= 4 is 11.7 Å². The van der Waals surface area contributed by atoms with Crippen molar-refractivity contribution in [1.82, 2.24) is 25.3 Å². The monoisotopic (exact) mass is 372 g/mol. The number of nitrogens with zero attached hydrogens (tertiary/aromatic N) is 5. The van der Waals surface area contributed by atoms with Crippen LogP contribution in [0.1, 0.15) is 36.2 Å². The van der Waals surface area contributed by atoms with Gasteiger partial charge in [0.1, 0.15) is 6.10 Å². The lowest BCUT2D eigenvalue weighted by Gasteiger charge is -2.32. The molecular weight excluding hydrogens is 344 g/mol. The number of carbonyl (C=O) groups excluding carboxylic acids is 1. The Bertz CT molecular complexity index is 752. The van der Waals surface area contributed by atoms with Gasteiger partial charge in [-0.2, -0.15) is 5.10 Å². The standard InChI is InChI=1S/C19H28N6O2/c1-13-16(14(2)21-20-13)7-10-19(26)25-11-5-6-15(12-25)27-18-9-8-17(22-23-18)24(3)4/h8-9,15H,5-7,10-12H2,1-4H3,(H,20,21). The van der Waals surface area contributed by atoms with Crippen LogP contribution in [0.3, 0.4) is 0 Å². The molecular formula is C19H28N6O2. The molecule has 0 spiro atoms. The summed E-state index contributed by atoms with van der Waals surface area (Å²) in [6.45, 7) is 5.34. The summed E-state index contributed by atoms with van der Waals surface area (Å²) in [4.78, 5) is 16.4. The molecule has 2 aromatic heterocycles. The maximum atomic E-state index is 12.6. The number of ether oxygens (including phenoxy) is 1. The second kappa shape index (κ2) is 8.37. The topological polar surface area (TPSA) is 87.2 Å². The van der Waals surface area contributed by atoms with Crippen LogP contribution in [0.5, 0.6) is 5.88 Å². The van der Waals surface area contributed by atoms with E-state index in [1.165, 1.54) is 0 Å². The minimum absolute atomic E-state index is 0.0420. The number of nitrogens with one attached hydrogen (secondary N) is 1. The largest absolute Gasteiger partial charge is 0.471 e. The second-order valence-corrected chi connectivity index (χ2v) is 7.26. The number of hydrogen-bond acceptors (Lipinski definition) is 6. The van der Waals surface area contributed by atoms with Crippen LogP contribution < -0.4 is 9.64 Å². The molecule has 0 aromatic carbocycles. The summed E-state index contributed by atoms with van der Waals surface area (Å²) in [5.74, 6) is 1.45. The number of amides is 1. The highest BCUT2D eigenvalue weighted by atomic mass is 16.5. The average molecular weight is 372 g/mol. The maximum absolute atomic E-state index is 12.6. The number of anilines is 1. The third-order valence-corrected chi connectivity index (χ3v) is 4.97. The SMILES string of the molecule is Cc1n[nH]c(C)c1CCC(=O)N1CCCC(Oc2ccc(N(C)C)nn2)C1. The van der Waals surface area contributed by atoms with Crippen molar-refractivity contribution in [1.29, 1.82) is 0 Å². The lowest BCUT2D eigenvalue weighted by Crippen LogP contribution is -2.44. The third-order valence-electron chi connectivity index (χ3n) is 4.97. The third kappa shape index (κ3) is 4.75. The van der Waals surface area contributed by atoms with Gasteiger partial charge in [-0.05, 0) is 44.7 Å². The Morgan fingerprint density at radius 1 is 1.33 bits per heavy atom. The van der Waals surface area contributed by atoms with E-state index in [4.69, 9.17) is 4.74 Å². The number of hydrogen-bond donors (Lipinski definition) is 1. The van der Waals surface area contributed by atoms with Crippen LogP contribution in [-0.4, -0.2) is 64.5 Å². The minimum Gasteiger partial charge on any atom is -0.471 e. The molecule has 8 heteroatoms. The molecule has 1 unspecified atom stereocenters. The number of rotatable bonds is 6. The molecule has 1 saturated heterocycles. The van der Waals surface area contributed by atoms with Gasteiger partial charge in [-0.15, -0.1) is 10.2 Å². The van der Waals surface area contributed by atoms with Crippen molar-refractivity contribution in [2.45, 2.75) is 45.6 Å². The fourth-order valence-electron chi connectivity index (χ4n) is 3.38. The van der Waals surface area contributed by atoms with E-state index in [1.807, 2.05) is 49.9 Å². The van der Waals surface area contributed by atoms with E-state index < -0.39 is 0 Å². The summed E-state index contributed by atoms with van der Waals surface area (Å²) in [6.07, 6.45) is 3.02. The van der Waals surface area contributed by atoms with E-state index in [9.17, 15) is 4.79 Å². The van der Waals surface area contributed by atoms with E-state index in [0.29, 0.717) is 25.3 Å². The number of H-pyrrole nitrogens is 1. The van der Waals surface area contributed by atoms with Crippen molar-refractivity contribution < 1.29 is 9.53 Å². The molecule has 0 bridgehead atoms. The van der Waals surface area contributed by atoms with Gasteiger partial charge in [0.2, 0.25) is 11.8 Å². The fourth-order valence-corrected chi connectivity index (χ4v) is 3.38. The molecule has 3 rings (SSSR count). The lowest BCUT2D eigenvalue weighted by atomic mass is 10.0. The summed E-state index contributed by atoms with van der Waals surface area (Å²) >= 11 is 0. The number of piperidine rings is 1. The number of aromatic nitrogens is 4. The predicted octanol–water partition coefficient (Wildman–Crippen LogP) is 1.89. The van der Waals surface area contributed by atoms with Crippen LogP contribution in [0.2, 0.25) is 0 Å². The smallest absolute Gasteiger partial charge is 0.233 e. The molecule has 146 valence electrons. The zero-order valence-electron chi connectivity index (χ0n) is 16.5. The quantitative estimate of drug-likeness (QED) is 0.833. The van der Waals surface area contributed by atoms with Crippen molar-refractivity contribution in [2.75, 3.05) is 32.1 Å². The summed E-state index contributed by atoms with van der Waals surface area (Å²) in [6, 6.07) is 3.71. The van der Waals surface area contributed by atoms with Gasteiger partial charge in [0.05, 0.1) is 12.2 Å². The van der Waals surface area contributed by atoms with E-state index in [0.717, 1.165) is 42.2 Å². The Balaban J connectivity index is 1.53. The van der Waals surface area contributed by atoms with Crippen LogP contribution in [0, 0.1) is 13.8 Å². The van der Waals surface area contributed by atoms with E-state index in [1.54, 1.807) is 0 Å². The molecule has 1 N–H and O–H groups in total. The van der Waals surface area contributed by atoms with Gasteiger partial charge < -0.3 is 14.5 Å². The molecule has 2 aromatic rings. The van der Waals surface area contributed by atoms with Crippen LogP contribution in [0.15, 0.2) is 12.1 Å². The van der Waals surface area contributed by atoms with Gasteiger partial charge in [0.25, 0.3) is 0 Å². The van der Waals surface area contributed by atoms with E-state index in [-0.39, 0.29) is 12.0 Å². The molecule has 0 aliphatic carbocycles. The lowest BCUT2D eigenvalue weighted by molar-refractivity contribution is -0.133. The predicted molar refractivity (Wildman–Crippen MR) is 103 cm³/mol. The zero-order chi connectivity index (χ0) is 19.4. The van der Waals surface area contributed by atoms with Gasteiger partial charge >= 0.3 is 0 Å². The maximum Gasteiger partial charge on any atom is 0.233 e. The molecule has 3 heterocycles. The van der Waals surface area contributed by atoms with Gasteiger partial charge in [-0.1, -0.05) is 0 Å². The normalized spacial score (nSPS) is 17.0. The average Bonchev–Trinajstić information content (AvgIpc) is 2.98. The fraction of sp³-hybridized carbons (Fsp3) is 0.579. The van der Waals surface area contributed by atoms with Crippen molar-refractivity contribution in [3.63, 3.8) is 0 Å². The zero-order valence-corrected chi connectivity index (χ0v) is 16.5. The van der Waals surface area contributed by atoms with Crippen LogP contribution in [0.25, 0.3) is 0 Å². The Morgan fingerprint density at radius 2 is 2.15 bits per heavy atom. The molecule has 27 heavy (non-hydrogen) atoms. The first-order valence-corrected chi connectivity index (χ1v) is 9.40. The van der Waals surface area contributed by atoms with Crippen molar-refractivity contribution in [3.05, 3.63) is 29.1 Å². The number of aromatic amines is 1. The number of likely N-dealkylation sites (tertiary alicyclic amines) is 1. The molecule has 1 aliphatic rings. The Hall–Kier alpha value is -2.64. The Labute approximate surface area is 159 Å². The van der Waals surface area contributed by atoms with Gasteiger partial charge in [-0.25, -0.2) is 0 Å². The summed E-state index contributed by atoms with van der Waals surface area (Å²) in [5.41, 5.74) is 3.16. The molecule has 1 fully saturated rings. The number of carbonyl (C=O) groups is 1. The van der Waals surface area contributed by atoms with Gasteiger partial charge in [-0.3, -0.25) is 9.89 Å². The minimum atomic E-state index is -0.0420. The van der Waals surface area contributed by atoms with Gasteiger partial charge in [0, 0.05) is 38.8 Å². The summed E-state index contributed by atoms with van der Waals surface area (Å²) in [5, 5.41) is 15.4. The van der Waals surface area contributed by atoms with Gasteiger partial charge in [0.15, 0.2) is 5.82 Å². The number of aryl methyl sites for hydroxylation is 2. The Morgan fingerprint density at radius 3 is 2.78 bits per heavy atom. The van der Waals surface area contributed by atoms with Crippen molar-refractivity contribution in [3.8, 4) is 5.88 Å². The molecule has 1 aliphatic heterocycles. The second-order valence-electron chi connectivity index (χ2n) is 7.26. The first-order valence-electron chi connectivity index (χ1n) is 9.40. The highest BCUT2D eigenvalue weighted by Crippen LogP contribution is 2.19. The highest BCUT2D eigenvalue weighted by molar-refractivity contribution is 5.76. The first kappa shape index (κ1) is 19.1. The first-order chi connectivity index (χ1) is 12.9. The Kier molecular flexibility index (Phi) is 5.93. The molecule has 1 amide bonds.